The first-order valence-electron chi connectivity index (χ1n) is 5.58. The van der Waals surface area contributed by atoms with E-state index in [1.54, 1.807) is 18.2 Å². The van der Waals surface area contributed by atoms with E-state index < -0.39 is 17.6 Å². The van der Waals surface area contributed by atoms with Crippen molar-refractivity contribution in [1.29, 1.82) is 0 Å². The quantitative estimate of drug-likeness (QED) is 0.646. The average molecular weight is 349 g/mol. The van der Waals surface area contributed by atoms with Crippen molar-refractivity contribution >= 4 is 21.6 Å². The Morgan fingerprint density at radius 1 is 1.15 bits per heavy atom. The first kappa shape index (κ1) is 14.8. The van der Waals surface area contributed by atoms with E-state index in [0.29, 0.717) is 16.4 Å². The number of pyridine rings is 1. The van der Waals surface area contributed by atoms with Gasteiger partial charge in [-0.3, -0.25) is 0 Å². The zero-order chi connectivity index (χ0) is 14.8. The normalized spacial score (nSPS) is 11.4. The first-order valence-corrected chi connectivity index (χ1v) is 6.37. The van der Waals surface area contributed by atoms with Crippen molar-refractivity contribution in [1.82, 2.24) is 4.98 Å². The number of alkyl halides is 3. The summed E-state index contributed by atoms with van der Waals surface area (Å²) in [6.07, 6.45) is -4.50. The molecule has 0 spiro atoms. The van der Waals surface area contributed by atoms with Gasteiger partial charge in [0, 0.05) is 0 Å². The highest BCUT2D eigenvalue weighted by molar-refractivity contribution is 9.10. The number of nitrogens with one attached hydrogen (secondary N) is 1. The molecule has 0 unspecified atom stereocenters. The van der Waals surface area contributed by atoms with E-state index in [1.807, 2.05) is 0 Å². The highest BCUT2D eigenvalue weighted by Gasteiger charge is 2.31. The molecule has 0 aliphatic carbocycles. The van der Waals surface area contributed by atoms with Crippen LogP contribution in [0.25, 0.3) is 0 Å². The van der Waals surface area contributed by atoms with Crippen LogP contribution in [0.15, 0.2) is 41.0 Å². The number of hydrogen-bond acceptors (Lipinski definition) is 2. The third kappa shape index (κ3) is 3.69. The number of benzene rings is 1. The summed E-state index contributed by atoms with van der Waals surface area (Å²) in [6.45, 7) is 0.123. The van der Waals surface area contributed by atoms with Crippen LogP contribution in [0.3, 0.4) is 0 Å². The Balaban J connectivity index is 2.17. The maximum atomic E-state index is 13.5. The topological polar surface area (TPSA) is 24.9 Å². The van der Waals surface area contributed by atoms with Gasteiger partial charge in [0.05, 0.1) is 23.5 Å². The van der Waals surface area contributed by atoms with Gasteiger partial charge in [-0.15, -0.1) is 0 Å². The molecule has 0 amide bonds. The van der Waals surface area contributed by atoms with Crippen molar-refractivity contribution in [2.75, 3.05) is 5.32 Å². The smallest absolute Gasteiger partial charge is 0.377 e. The lowest BCUT2D eigenvalue weighted by molar-refractivity contribution is -0.137. The molecule has 1 N–H and O–H groups in total. The minimum Gasteiger partial charge on any atom is -0.377 e. The molecule has 0 aliphatic heterocycles. The summed E-state index contributed by atoms with van der Waals surface area (Å²) < 4.78 is 51.7. The van der Waals surface area contributed by atoms with E-state index in [4.69, 9.17) is 0 Å². The molecule has 20 heavy (non-hydrogen) atoms. The van der Waals surface area contributed by atoms with Gasteiger partial charge in [0.15, 0.2) is 0 Å². The fourth-order valence-corrected chi connectivity index (χ4v) is 1.95. The minimum atomic E-state index is -4.50. The van der Waals surface area contributed by atoms with Crippen LogP contribution in [0.2, 0.25) is 0 Å². The van der Waals surface area contributed by atoms with E-state index in [2.05, 4.69) is 26.2 Å². The van der Waals surface area contributed by atoms with Crippen molar-refractivity contribution in [3.63, 3.8) is 0 Å². The Kier molecular flexibility index (Phi) is 4.27. The third-order valence-corrected chi connectivity index (χ3v) is 2.97. The van der Waals surface area contributed by atoms with Crippen molar-refractivity contribution in [3.8, 4) is 0 Å². The number of rotatable bonds is 3. The van der Waals surface area contributed by atoms with E-state index in [9.17, 15) is 17.6 Å². The standard InChI is InChI=1S/C13H9BrF4N2/c14-12-3-1-2-9(20-12)7-19-11-6-8(13(16,17)18)4-5-10(11)15/h1-6,19H,7H2. The van der Waals surface area contributed by atoms with E-state index >= 15 is 0 Å². The lowest BCUT2D eigenvalue weighted by Gasteiger charge is -2.11. The van der Waals surface area contributed by atoms with E-state index in [1.165, 1.54) is 0 Å². The maximum Gasteiger partial charge on any atom is 0.416 e. The summed E-state index contributed by atoms with van der Waals surface area (Å²) in [4.78, 5) is 4.10. The molecule has 0 bridgehead atoms. The van der Waals surface area contributed by atoms with Crippen LogP contribution >= 0.6 is 15.9 Å². The molecule has 0 saturated carbocycles. The molecule has 2 nitrogen and oxygen atoms in total. The van der Waals surface area contributed by atoms with Gasteiger partial charge in [-0.1, -0.05) is 6.07 Å². The molecule has 2 rings (SSSR count). The highest BCUT2D eigenvalue weighted by Crippen LogP contribution is 2.31. The molecule has 0 saturated heterocycles. The zero-order valence-corrected chi connectivity index (χ0v) is 11.6. The predicted octanol–water partition coefficient (Wildman–Crippen LogP) is 4.61. The molecule has 0 aliphatic rings. The molecule has 7 heteroatoms. The Hall–Kier alpha value is -1.63. The molecule has 1 heterocycles. The summed E-state index contributed by atoms with van der Waals surface area (Å²) >= 11 is 3.18. The molecule has 0 fully saturated rings. The second kappa shape index (κ2) is 5.78. The fraction of sp³-hybridized carbons (Fsp3) is 0.154. The van der Waals surface area contributed by atoms with Gasteiger partial charge in [-0.05, 0) is 46.3 Å². The van der Waals surface area contributed by atoms with Crippen LogP contribution in [0.1, 0.15) is 11.3 Å². The van der Waals surface area contributed by atoms with Gasteiger partial charge in [-0.25, -0.2) is 9.37 Å². The predicted molar refractivity (Wildman–Crippen MR) is 70.7 cm³/mol. The lowest BCUT2D eigenvalue weighted by Crippen LogP contribution is -2.08. The zero-order valence-electron chi connectivity index (χ0n) is 10.0. The van der Waals surface area contributed by atoms with Crippen LogP contribution in [0.4, 0.5) is 23.2 Å². The highest BCUT2D eigenvalue weighted by atomic mass is 79.9. The van der Waals surface area contributed by atoms with Crippen LogP contribution in [0.5, 0.6) is 0 Å². The van der Waals surface area contributed by atoms with Gasteiger partial charge >= 0.3 is 6.18 Å². The molecule has 2 aromatic rings. The van der Waals surface area contributed by atoms with Crippen molar-refractivity contribution in [2.24, 2.45) is 0 Å². The third-order valence-electron chi connectivity index (χ3n) is 2.53. The van der Waals surface area contributed by atoms with Crippen LogP contribution in [-0.2, 0) is 12.7 Å². The van der Waals surface area contributed by atoms with Crippen LogP contribution < -0.4 is 5.32 Å². The molecule has 1 aromatic carbocycles. The van der Waals surface area contributed by atoms with Gasteiger partial charge in [0.1, 0.15) is 10.4 Å². The van der Waals surface area contributed by atoms with Gasteiger partial charge < -0.3 is 5.32 Å². The van der Waals surface area contributed by atoms with Crippen LogP contribution in [0, 0.1) is 5.82 Å². The largest absolute Gasteiger partial charge is 0.416 e. The number of nitrogens with zero attached hydrogens (tertiary/aromatic N) is 1. The number of halogens is 5. The van der Waals surface area contributed by atoms with Gasteiger partial charge in [0.2, 0.25) is 0 Å². The minimum absolute atomic E-state index is 0.123. The Morgan fingerprint density at radius 2 is 1.90 bits per heavy atom. The summed E-state index contributed by atoms with van der Waals surface area (Å²) in [5.74, 6) is -0.743. The number of hydrogen-bond donors (Lipinski definition) is 1. The van der Waals surface area contributed by atoms with Crippen molar-refractivity contribution in [2.45, 2.75) is 12.7 Å². The molecule has 0 radical (unpaired) electrons. The number of anilines is 1. The van der Waals surface area contributed by atoms with Crippen molar-refractivity contribution in [3.05, 3.63) is 58.1 Å². The molecule has 106 valence electrons. The SMILES string of the molecule is Fc1ccc(C(F)(F)F)cc1NCc1cccc(Br)n1. The van der Waals surface area contributed by atoms with Gasteiger partial charge in [0.25, 0.3) is 0 Å². The number of aromatic nitrogens is 1. The lowest BCUT2D eigenvalue weighted by atomic mass is 10.2. The molecular weight excluding hydrogens is 340 g/mol. The molecular formula is C13H9BrF4N2. The van der Waals surface area contributed by atoms with Gasteiger partial charge in [-0.2, -0.15) is 13.2 Å². The van der Waals surface area contributed by atoms with E-state index in [0.717, 1.165) is 12.1 Å². The first-order chi connectivity index (χ1) is 9.36. The second-order valence-corrected chi connectivity index (χ2v) is 4.81. The summed E-state index contributed by atoms with van der Waals surface area (Å²) in [5, 5.41) is 2.61. The Labute approximate surface area is 121 Å². The van der Waals surface area contributed by atoms with Crippen molar-refractivity contribution < 1.29 is 17.6 Å². The van der Waals surface area contributed by atoms with Crippen LogP contribution in [-0.4, -0.2) is 4.98 Å². The summed E-state index contributed by atoms with van der Waals surface area (Å²) in [5.41, 5.74) is -0.526. The molecule has 1 aromatic heterocycles. The maximum absolute atomic E-state index is 13.5. The monoisotopic (exact) mass is 348 g/mol. The second-order valence-electron chi connectivity index (χ2n) is 4.00. The van der Waals surface area contributed by atoms with E-state index in [-0.39, 0.29) is 12.2 Å². The molecule has 0 atom stereocenters. The Bertz CT molecular complexity index is 614. The average Bonchev–Trinajstić information content (AvgIpc) is 2.36. The summed E-state index contributed by atoms with van der Waals surface area (Å²) in [7, 11) is 0. The fourth-order valence-electron chi connectivity index (χ4n) is 1.57. The Morgan fingerprint density at radius 3 is 2.55 bits per heavy atom. The summed E-state index contributed by atoms with van der Waals surface area (Å²) in [6, 6.07) is 7.37.